The lowest BCUT2D eigenvalue weighted by molar-refractivity contribution is -0.141. The van der Waals surface area contributed by atoms with Crippen LogP contribution in [0.3, 0.4) is 0 Å². The van der Waals surface area contributed by atoms with Gasteiger partial charge in [0, 0.05) is 5.92 Å². The number of benzene rings is 2. The minimum atomic E-state index is -0.334. The predicted octanol–water partition coefficient (Wildman–Crippen LogP) is 2.70. The molecule has 0 aromatic heterocycles. The zero-order valence-electron chi connectivity index (χ0n) is 16.1. The fraction of sp³-hybridized carbons (Fsp3) is 0.381. The Morgan fingerprint density at radius 3 is 2.18 bits per heavy atom. The highest BCUT2D eigenvalue weighted by Crippen LogP contribution is 2.40. The number of rotatable bonds is 7. The first-order valence-corrected chi connectivity index (χ1v) is 8.93. The number of hydrogen-bond donors (Lipinski definition) is 2. The van der Waals surface area contributed by atoms with Crippen LogP contribution in [0.5, 0.6) is 28.7 Å². The summed E-state index contributed by atoms with van der Waals surface area (Å²) in [6.07, 6.45) is 1.01. The second kappa shape index (κ2) is 8.29. The van der Waals surface area contributed by atoms with Crippen LogP contribution in [0.4, 0.5) is 0 Å². The Bertz CT molecular complexity index is 837. The fourth-order valence-corrected chi connectivity index (χ4v) is 3.56. The van der Waals surface area contributed by atoms with Gasteiger partial charge in [-0.15, -0.1) is 0 Å². The van der Waals surface area contributed by atoms with Crippen molar-refractivity contribution in [1.29, 1.82) is 0 Å². The minimum Gasteiger partial charge on any atom is -0.504 e. The Morgan fingerprint density at radius 1 is 0.929 bits per heavy atom. The molecule has 28 heavy (non-hydrogen) atoms. The van der Waals surface area contributed by atoms with Gasteiger partial charge in [-0.05, 0) is 48.2 Å². The van der Waals surface area contributed by atoms with Crippen molar-refractivity contribution in [3.8, 4) is 28.7 Å². The molecule has 1 fully saturated rings. The van der Waals surface area contributed by atoms with E-state index in [4.69, 9.17) is 18.9 Å². The van der Waals surface area contributed by atoms with Crippen LogP contribution in [-0.2, 0) is 22.4 Å². The summed E-state index contributed by atoms with van der Waals surface area (Å²) >= 11 is 0. The zero-order chi connectivity index (χ0) is 20.3. The lowest BCUT2D eigenvalue weighted by Crippen LogP contribution is -2.20. The maximum absolute atomic E-state index is 12.3. The standard InChI is InChI=1S/C21H24O7/c1-25-18-9-13(10-19(26-2)20(18)27-3)7-15-14(11-28-21(15)24)6-12-4-5-16(22)17(23)8-12/h4-5,8-10,14-15,22-23H,6-7,11H2,1-3H3. The molecule has 150 valence electrons. The maximum Gasteiger partial charge on any atom is 0.309 e. The van der Waals surface area contributed by atoms with Crippen molar-refractivity contribution in [3.05, 3.63) is 41.5 Å². The first kappa shape index (κ1) is 19.7. The van der Waals surface area contributed by atoms with Gasteiger partial charge in [-0.1, -0.05) is 6.07 Å². The van der Waals surface area contributed by atoms with Gasteiger partial charge < -0.3 is 29.2 Å². The average molecular weight is 388 g/mol. The second-order valence-corrected chi connectivity index (χ2v) is 6.76. The zero-order valence-corrected chi connectivity index (χ0v) is 16.1. The van der Waals surface area contributed by atoms with Crippen LogP contribution in [0.25, 0.3) is 0 Å². The fourth-order valence-electron chi connectivity index (χ4n) is 3.56. The van der Waals surface area contributed by atoms with E-state index in [1.165, 1.54) is 19.2 Å². The lowest BCUT2D eigenvalue weighted by Gasteiger charge is -2.18. The maximum atomic E-state index is 12.3. The molecule has 2 N–H and O–H groups in total. The first-order valence-electron chi connectivity index (χ1n) is 8.93. The summed E-state index contributed by atoms with van der Waals surface area (Å²) < 4.78 is 21.4. The van der Waals surface area contributed by atoms with Crippen molar-refractivity contribution in [3.63, 3.8) is 0 Å². The first-order chi connectivity index (χ1) is 13.5. The molecular weight excluding hydrogens is 364 g/mol. The molecule has 2 atom stereocenters. The molecule has 7 heteroatoms. The SMILES string of the molecule is COc1cc(CC2C(=O)OCC2Cc2ccc(O)c(O)c2)cc(OC)c1OC. The molecule has 0 aliphatic carbocycles. The molecule has 7 nitrogen and oxygen atoms in total. The van der Waals surface area contributed by atoms with E-state index < -0.39 is 0 Å². The summed E-state index contributed by atoms with van der Waals surface area (Å²) in [7, 11) is 4.63. The highest BCUT2D eigenvalue weighted by atomic mass is 16.5. The third-order valence-electron chi connectivity index (χ3n) is 5.03. The molecule has 0 spiro atoms. The highest BCUT2D eigenvalue weighted by Gasteiger charge is 2.37. The van der Waals surface area contributed by atoms with E-state index in [9.17, 15) is 15.0 Å². The number of ether oxygens (including phenoxy) is 4. The van der Waals surface area contributed by atoms with E-state index >= 15 is 0 Å². The van der Waals surface area contributed by atoms with E-state index in [0.717, 1.165) is 11.1 Å². The van der Waals surface area contributed by atoms with Gasteiger partial charge >= 0.3 is 5.97 Å². The normalized spacial score (nSPS) is 18.6. The van der Waals surface area contributed by atoms with Crippen molar-refractivity contribution in [2.75, 3.05) is 27.9 Å². The predicted molar refractivity (Wildman–Crippen MR) is 101 cm³/mol. The Hall–Kier alpha value is -3.09. The number of cyclic esters (lactones) is 1. The molecule has 1 aliphatic heterocycles. The Balaban J connectivity index is 1.83. The second-order valence-electron chi connectivity index (χ2n) is 6.76. The van der Waals surface area contributed by atoms with E-state index in [0.29, 0.717) is 36.7 Å². The number of carbonyl (C=O) groups excluding carboxylic acids is 1. The van der Waals surface area contributed by atoms with E-state index in [1.54, 1.807) is 20.3 Å². The largest absolute Gasteiger partial charge is 0.504 e. The molecule has 1 heterocycles. The summed E-state index contributed by atoms with van der Waals surface area (Å²) in [5, 5.41) is 19.2. The van der Waals surface area contributed by atoms with Crippen molar-refractivity contribution in [1.82, 2.24) is 0 Å². The molecule has 0 radical (unpaired) electrons. The van der Waals surface area contributed by atoms with Crippen LogP contribution in [-0.4, -0.2) is 44.1 Å². The monoisotopic (exact) mass is 388 g/mol. The number of esters is 1. The number of methoxy groups -OCH3 is 3. The van der Waals surface area contributed by atoms with Gasteiger partial charge in [0.2, 0.25) is 5.75 Å². The van der Waals surface area contributed by atoms with Gasteiger partial charge in [-0.3, -0.25) is 4.79 Å². The Kier molecular flexibility index (Phi) is 5.82. The summed E-state index contributed by atoms with van der Waals surface area (Å²) in [5.74, 6) is 0.585. The van der Waals surface area contributed by atoms with Gasteiger partial charge in [0.1, 0.15) is 0 Å². The summed E-state index contributed by atoms with van der Waals surface area (Å²) in [6, 6.07) is 8.34. The minimum absolute atomic E-state index is 0.0458. The van der Waals surface area contributed by atoms with Gasteiger partial charge in [-0.2, -0.15) is 0 Å². The van der Waals surface area contributed by atoms with Gasteiger partial charge in [-0.25, -0.2) is 0 Å². The van der Waals surface area contributed by atoms with Crippen LogP contribution < -0.4 is 14.2 Å². The average Bonchev–Trinajstić information content (AvgIpc) is 3.03. The number of phenolic OH excluding ortho intramolecular Hbond substituents is 2. The smallest absolute Gasteiger partial charge is 0.309 e. The third-order valence-corrected chi connectivity index (χ3v) is 5.03. The van der Waals surface area contributed by atoms with E-state index in [2.05, 4.69) is 0 Å². The summed E-state index contributed by atoms with van der Waals surface area (Å²) in [6.45, 7) is 0.315. The van der Waals surface area contributed by atoms with Gasteiger partial charge in [0.15, 0.2) is 23.0 Å². The van der Waals surface area contributed by atoms with Crippen molar-refractivity contribution in [2.45, 2.75) is 12.8 Å². The number of hydrogen-bond acceptors (Lipinski definition) is 7. The molecule has 2 aromatic rings. The number of carbonyl (C=O) groups is 1. The van der Waals surface area contributed by atoms with Gasteiger partial charge in [0.05, 0.1) is 33.9 Å². The molecular formula is C21H24O7. The number of aromatic hydroxyl groups is 2. The van der Waals surface area contributed by atoms with Gasteiger partial charge in [0.25, 0.3) is 0 Å². The van der Waals surface area contributed by atoms with Crippen LogP contribution in [0, 0.1) is 11.8 Å². The van der Waals surface area contributed by atoms with Crippen LogP contribution in [0.1, 0.15) is 11.1 Å². The molecule has 0 saturated carbocycles. The third kappa shape index (κ3) is 3.93. The number of phenols is 2. The highest BCUT2D eigenvalue weighted by molar-refractivity contribution is 5.75. The Morgan fingerprint density at radius 2 is 1.61 bits per heavy atom. The van der Waals surface area contributed by atoms with Crippen LogP contribution >= 0.6 is 0 Å². The molecule has 3 rings (SSSR count). The quantitative estimate of drug-likeness (QED) is 0.556. The van der Waals surface area contributed by atoms with E-state index in [-0.39, 0.29) is 29.3 Å². The molecule has 0 bridgehead atoms. The summed E-state index contributed by atoms with van der Waals surface area (Å²) in [4.78, 5) is 12.3. The molecule has 1 saturated heterocycles. The molecule has 1 aliphatic rings. The lowest BCUT2D eigenvalue weighted by atomic mass is 9.85. The van der Waals surface area contributed by atoms with Crippen molar-refractivity contribution >= 4 is 5.97 Å². The Labute approximate surface area is 163 Å². The topological polar surface area (TPSA) is 94.5 Å². The summed E-state index contributed by atoms with van der Waals surface area (Å²) in [5.41, 5.74) is 1.70. The van der Waals surface area contributed by atoms with Crippen LogP contribution in [0.15, 0.2) is 30.3 Å². The van der Waals surface area contributed by atoms with Crippen molar-refractivity contribution < 1.29 is 34.0 Å². The molecule has 2 unspecified atom stereocenters. The van der Waals surface area contributed by atoms with Crippen molar-refractivity contribution in [2.24, 2.45) is 11.8 Å². The van der Waals surface area contributed by atoms with E-state index in [1.807, 2.05) is 12.1 Å². The molecule has 2 aromatic carbocycles. The van der Waals surface area contributed by atoms with Crippen LogP contribution in [0.2, 0.25) is 0 Å². The molecule has 0 amide bonds.